The number of ether oxygens (including phenoxy) is 1. The monoisotopic (exact) mass is 277 g/mol. The number of nitrogens with two attached hydrogens (primary N) is 1. The number of benzene rings is 1. The lowest BCUT2D eigenvalue weighted by Crippen LogP contribution is -2.42. The van der Waals surface area contributed by atoms with Gasteiger partial charge in [0.15, 0.2) is 0 Å². The molecule has 1 saturated heterocycles. The Kier molecular flexibility index (Phi) is 4.49. The summed E-state index contributed by atoms with van der Waals surface area (Å²) in [6, 6.07) is 5.37. The van der Waals surface area contributed by atoms with Gasteiger partial charge in [-0.2, -0.15) is 0 Å². The van der Waals surface area contributed by atoms with Crippen LogP contribution in [0.1, 0.15) is 23.7 Å². The van der Waals surface area contributed by atoms with Crippen LogP contribution >= 0.6 is 0 Å². The van der Waals surface area contributed by atoms with Crippen molar-refractivity contribution in [2.24, 2.45) is 0 Å². The van der Waals surface area contributed by atoms with Gasteiger partial charge >= 0.3 is 0 Å². The highest BCUT2D eigenvalue weighted by Crippen LogP contribution is 2.24. The first-order valence-electron chi connectivity index (χ1n) is 6.96. The number of amides is 1. The predicted molar refractivity (Wildman–Crippen MR) is 80.0 cm³/mol. The van der Waals surface area contributed by atoms with Crippen molar-refractivity contribution >= 4 is 11.6 Å². The molecule has 0 radical (unpaired) electrons. The van der Waals surface area contributed by atoms with Gasteiger partial charge in [-0.15, -0.1) is 0 Å². The lowest BCUT2D eigenvalue weighted by molar-refractivity contribution is 0.0693. The van der Waals surface area contributed by atoms with Crippen molar-refractivity contribution in [1.29, 1.82) is 0 Å². The molecular weight excluding hydrogens is 254 g/mol. The van der Waals surface area contributed by atoms with E-state index in [1.807, 2.05) is 4.90 Å². The molecule has 1 heterocycles. The Morgan fingerprint density at radius 1 is 1.40 bits per heavy atom. The summed E-state index contributed by atoms with van der Waals surface area (Å²) in [4.78, 5) is 16.9. The molecule has 20 heavy (non-hydrogen) atoms. The highest BCUT2D eigenvalue weighted by molar-refractivity contribution is 5.98. The Bertz CT molecular complexity index is 490. The van der Waals surface area contributed by atoms with Gasteiger partial charge in [-0.05, 0) is 45.1 Å². The SMILES string of the molecule is COc1ccc(N)cc1C(=O)N1CCCN(C)CC1C. The van der Waals surface area contributed by atoms with Crippen molar-refractivity contribution < 1.29 is 9.53 Å². The van der Waals surface area contributed by atoms with Crippen LogP contribution < -0.4 is 10.5 Å². The van der Waals surface area contributed by atoms with Crippen LogP contribution in [0.3, 0.4) is 0 Å². The third kappa shape index (κ3) is 3.04. The van der Waals surface area contributed by atoms with E-state index in [9.17, 15) is 4.79 Å². The van der Waals surface area contributed by atoms with Crippen LogP contribution in [0, 0.1) is 0 Å². The van der Waals surface area contributed by atoms with E-state index in [2.05, 4.69) is 18.9 Å². The van der Waals surface area contributed by atoms with Crippen LogP contribution in [0.4, 0.5) is 5.69 Å². The van der Waals surface area contributed by atoms with E-state index in [1.165, 1.54) is 0 Å². The summed E-state index contributed by atoms with van der Waals surface area (Å²) in [6.07, 6.45) is 0.983. The van der Waals surface area contributed by atoms with Crippen LogP contribution in [-0.2, 0) is 0 Å². The number of nitrogen functional groups attached to an aromatic ring is 1. The van der Waals surface area contributed by atoms with Crippen LogP contribution in [0.2, 0.25) is 0 Å². The number of nitrogens with zero attached hydrogens (tertiary/aromatic N) is 2. The average Bonchev–Trinajstić information content (AvgIpc) is 2.58. The molecule has 1 fully saturated rings. The molecule has 1 unspecified atom stereocenters. The molecule has 2 rings (SSSR count). The van der Waals surface area contributed by atoms with Crippen molar-refractivity contribution in [2.45, 2.75) is 19.4 Å². The first-order chi connectivity index (χ1) is 9.52. The van der Waals surface area contributed by atoms with Gasteiger partial charge in [-0.1, -0.05) is 0 Å². The number of carbonyl (C=O) groups excluding carboxylic acids is 1. The molecule has 0 aliphatic carbocycles. The minimum atomic E-state index is -0.00282. The number of rotatable bonds is 2. The molecule has 1 atom stereocenters. The number of methoxy groups -OCH3 is 1. The van der Waals surface area contributed by atoms with E-state index in [0.717, 1.165) is 26.1 Å². The van der Waals surface area contributed by atoms with E-state index in [-0.39, 0.29) is 11.9 Å². The van der Waals surface area contributed by atoms with Crippen LogP contribution in [0.5, 0.6) is 5.75 Å². The third-order valence-corrected chi connectivity index (χ3v) is 3.76. The summed E-state index contributed by atoms with van der Waals surface area (Å²) in [5.74, 6) is 0.575. The molecule has 110 valence electrons. The molecular formula is C15H23N3O2. The van der Waals surface area contributed by atoms with Crippen molar-refractivity contribution in [2.75, 3.05) is 39.5 Å². The molecule has 5 heteroatoms. The minimum Gasteiger partial charge on any atom is -0.496 e. The molecule has 0 bridgehead atoms. The Hall–Kier alpha value is -1.75. The maximum Gasteiger partial charge on any atom is 0.257 e. The van der Waals surface area contributed by atoms with Crippen molar-refractivity contribution in [3.05, 3.63) is 23.8 Å². The highest BCUT2D eigenvalue weighted by Gasteiger charge is 2.26. The second kappa shape index (κ2) is 6.13. The molecule has 0 aromatic heterocycles. The van der Waals surface area contributed by atoms with Crippen molar-refractivity contribution in [3.63, 3.8) is 0 Å². The van der Waals surface area contributed by atoms with E-state index in [0.29, 0.717) is 17.0 Å². The largest absolute Gasteiger partial charge is 0.496 e. The quantitative estimate of drug-likeness (QED) is 0.831. The first-order valence-corrected chi connectivity index (χ1v) is 6.96. The van der Waals surface area contributed by atoms with E-state index >= 15 is 0 Å². The second-order valence-electron chi connectivity index (χ2n) is 5.42. The average molecular weight is 277 g/mol. The second-order valence-corrected chi connectivity index (χ2v) is 5.42. The molecule has 1 aromatic rings. The summed E-state index contributed by atoms with van der Waals surface area (Å²) in [5.41, 5.74) is 6.93. The Labute approximate surface area is 120 Å². The Morgan fingerprint density at radius 3 is 2.85 bits per heavy atom. The number of hydrogen-bond donors (Lipinski definition) is 1. The summed E-state index contributed by atoms with van der Waals surface area (Å²) in [7, 11) is 3.66. The Balaban J connectivity index is 2.28. The van der Waals surface area contributed by atoms with Gasteiger partial charge in [-0.25, -0.2) is 0 Å². The fraction of sp³-hybridized carbons (Fsp3) is 0.533. The smallest absolute Gasteiger partial charge is 0.257 e. The zero-order chi connectivity index (χ0) is 14.7. The number of carbonyl (C=O) groups is 1. The van der Waals surface area contributed by atoms with Gasteiger partial charge in [0.1, 0.15) is 5.75 Å². The zero-order valence-electron chi connectivity index (χ0n) is 12.4. The first kappa shape index (κ1) is 14.7. The summed E-state index contributed by atoms with van der Waals surface area (Å²) >= 11 is 0. The van der Waals surface area contributed by atoms with E-state index in [1.54, 1.807) is 25.3 Å². The van der Waals surface area contributed by atoms with Gasteiger partial charge in [0.25, 0.3) is 5.91 Å². The normalized spacial score (nSPS) is 20.6. The number of anilines is 1. The van der Waals surface area contributed by atoms with Gasteiger partial charge in [-0.3, -0.25) is 4.79 Å². The maximum absolute atomic E-state index is 12.8. The lowest BCUT2D eigenvalue weighted by Gasteiger charge is -2.28. The summed E-state index contributed by atoms with van der Waals surface area (Å²) < 4.78 is 5.29. The minimum absolute atomic E-state index is 0.00282. The molecule has 1 amide bonds. The fourth-order valence-corrected chi connectivity index (χ4v) is 2.72. The molecule has 5 nitrogen and oxygen atoms in total. The molecule has 1 aliphatic rings. The Morgan fingerprint density at radius 2 is 2.15 bits per heavy atom. The molecule has 0 spiro atoms. The van der Waals surface area contributed by atoms with Gasteiger partial charge < -0.3 is 20.3 Å². The molecule has 2 N–H and O–H groups in total. The maximum atomic E-state index is 12.8. The van der Waals surface area contributed by atoms with Gasteiger partial charge in [0.05, 0.1) is 12.7 Å². The zero-order valence-corrected chi connectivity index (χ0v) is 12.4. The summed E-state index contributed by atoms with van der Waals surface area (Å²) in [5, 5.41) is 0. The highest BCUT2D eigenvalue weighted by atomic mass is 16.5. The third-order valence-electron chi connectivity index (χ3n) is 3.76. The fourth-order valence-electron chi connectivity index (χ4n) is 2.72. The van der Waals surface area contributed by atoms with E-state index < -0.39 is 0 Å². The topological polar surface area (TPSA) is 58.8 Å². The molecule has 1 aliphatic heterocycles. The van der Waals surface area contributed by atoms with Crippen LogP contribution in [0.15, 0.2) is 18.2 Å². The standard InChI is InChI=1S/C15H23N3O2/c1-11-10-17(2)7-4-8-18(11)15(19)13-9-12(16)5-6-14(13)20-3/h5-6,9,11H,4,7-8,10,16H2,1-3H3. The van der Waals surface area contributed by atoms with Crippen molar-refractivity contribution in [1.82, 2.24) is 9.80 Å². The van der Waals surface area contributed by atoms with Crippen LogP contribution in [0.25, 0.3) is 0 Å². The molecule has 0 saturated carbocycles. The van der Waals surface area contributed by atoms with E-state index in [4.69, 9.17) is 10.5 Å². The lowest BCUT2D eigenvalue weighted by atomic mass is 10.1. The van der Waals surface area contributed by atoms with Gasteiger partial charge in [0, 0.05) is 24.8 Å². The van der Waals surface area contributed by atoms with Crippen LogP contribution in [-0.4, -0.2) is 55.5 Å². The van der Waals surface area contributed by atoms with Gasteiger partial charge in [0.2, 0.25) is 0 Å². The van der Waals surface area contributed by atoms with Crippen molar-refractivity contribution in [3.8, 4) is 5.75 Å². The summed E-state index contributed by atoms with van der Waals surface area (Å²) in [6.45, 7) is 4.75. The number of likely N-dealkylation sites (N-methyl/N-ethyl adjacent to an activating group) is 1. The predicted octanol–water partition coefficient (Wildman–Crippen LogP) is 1.44. The number of hydrogen-bond acceptors (Lipinski definition) is 4. The molecule has 1 aromatic carbocycles.